The van der Waals surface area contributed by atoms with Gasteiger partial charge in [-0.25, -0.2) is 0 Å². The Morgan fingerprint density at radius 2 is 1.26 bits per heavy atom. The molecule has 1 aromatic heterocycles. The van der Waals surface area contributed by atoms with Crippen LogP contribution in [-0.4, -0.2) is 11.0 Å². The first kappa shape index (κ1) is 18.2. The van der Waals surface area contributed by atoms with Gasteiger partial charge in [0.15, 0.2) is 0 Å². The highest BCUT2D eigenvalue weighted by Gasteiger charge is 2.42. The molecular weight excluding hydrogens is 412 g/mol. The lowest BCUT2D eigenvalue weighted by Crippen LogP contribution is -2.30. The minimum absolute atomic E-state index is 0.247. The highest BCUT2D eigenvalue weighted by Crippen LogP contribution is 2.54. The van der Waals surface area contributed by atoms with E-state index in [9.17, 15) is 0 Å². The number of aromatic amines is 1. The van der Waals surface area contributed by atoms with E-state index in [1.165, 1.54) is 60.6 Å². The summed E-state index contributed by atoms with van der Waals surface area (Å²) in [6.07, 6.45) is 4.70. The maximum absolute atomic E-state index is 3.84. The Kier molecular flexibility index (Phi) is 3.53. The Morgan fingerprint density at radius 3 is 2.09 bits per heavy atom. The lowest BCUT2D eigenvalue weighted by molar-refractivity contribution is 0.729. The fraction of sp³-hybridized carbons (Fsp3) is 0.0625. The molecule has 0 bridgehead atoms. The van der Waals surface area contributed by atoms with Crippen molar-refractivity contribution in [3.8, 4) is 0 Å². The van der Waals surface area contributed by atoms with Gasteiger partial charge >= 0.3 is 0 Å². The monoisotopic (exact) mass is 434 g/mol. The van der Waals surface area contributed by atoms with E-state index >= 15 is 0 Å². The van der Waals surface area contributed by atoms with Gasteiger partial charge in [0.2, 0.25) is 0 Å². The summed E-state index contributed by atoms with van der Waals surface area (Å²) in [7, 11) is 0. The fourth-order valence-corrected chi connectivity index (χ4v) is 6.42. The summed E-state index contributed by atoms with van der Waals surface area (Å²) in [5, 5.41) is 6.63. The van der Waals surface area contributed by atoms with Gasteiger partial charge in [-0.15, -0.1) is 0 Å². The Labute approximate surface area is 197 Å². The second-order valence-corrected chi connectivity index (χ2v) is 9.39. The van der Waals surface area contributed by atoms with Crippen molar-refractivity contribution in [1.29, 1.82) is 0 Å². The number of benzene rings is 5. The van der Waals surface area contributed by atoms with Crippen molar-refractivity contribution in [2.24, 2.45) is 0 Å². The molecule has 0 radical (unpaired) electrons. The number of nitrogens with zero attached hydrogens (tertiary/aromatic N) is 1. The number of H-pyrrole nitrogens is 1. The minimum Gasteiger partial charge on any atom is -0.354 e. The summed E-state index contributed by atoms with van der Waals surface area (Å²) >= 11 is 0. The average Bonchev–Trinajstić information content (AvgIpc) is 3.46. The van der Waals surface area contributed by atoms with Crippen LogP contribution in [0.1, 0.15) is 22.7 Å². The summed E-state index contributed by atoms with van der Waals surface area (Å²) in [5.41, 5.74) is 7.87. The normalized spacial score (nSPS) is 18.4. The molecule has 2 atom stereocenters. The number of nitrogens with one attached hydrogen (secondary N) is 1. The topological polar surface area (TPSA) is 19.0 Å². The van der Waals surface area contributed by atoms with Crippen molar-refractivity contribution in [2.45, 2.75) is 12.0 Å². The summed E-state index contributed by atoms with van der Waals surface area (Å²) in [6.45, 7) is 0. The van der Waals surface area contributed by atoms with Gasteiger partial charge in [0.1, 0.15) is 0 Å². The molecule has 0 amide bonds. The van der Waals surface area contributed by atoms with E-state index in [2.05, 4.69) is 125 Å². The molecule has 2 heterocycles. The third-order valence-electron chi connectivity index (χ3n) is 7.73. The van der Waals surface area contributed by atoms with Crippen LogP contribution in [-0.2, 0) is 0 Å². The van der Waals surface area contributed by atoms with Crippen molar-refractivity contribution < 1.29 is 0 Å². The van der Waals surface area contributed by atoms with Crippen LogP contribution in [0.2, 0.25) is 0 Å². The van der Waals surface area contributed by atoms with E-state index in [4.69, 9.17) is 0 Å². The van der Waals surface area contributed by atoms with Gasteiger partial charge in [0, 0.05) is 33.8 Å². The first-order valence-corrected chi connectivity index (χ1v) is 12.0. The third-order valence-corrected chi connectivity index (χ3v) is 7.73. The van der Waals surface area contributed by atoms with Gasteiger partial charge in [0.05, 0.1) is 11.6 Å². The molecule has 0 saturated carbocycles. The molecule has 2 heteroatoms. The molecule has 2 unspecified atom stereocenters. The van der Waals surface area contributed by atoms with Gasteiger partial charge < -0.3 is 9.88 Å². The average molecular weight is 435 g/mol. The van der Waals surface area contributed by atoms with Gasteiger partial charge in [-0.2, -0.15) is 0 Å². The lowest BCUT2D eigenvalue weighted by Gasteiger charge is -2.30. The molecule has 2 aliphatic rings. The van der Waals surface area contributed by atoms with Crippen LogP contribution in [0.25, 0.3) is 38.5 Å². The van der Waals surface area contributed by atoms with E-state index in [0.717, 1.165) is 0 Å². The Hall–Kier alpha value is -4.30. The third kappa shape index (κ3) is 2.25. The highest BCUT2D eigenvalue weighted by molar-refractivity contribution is 6.26. The van der Waals surface area contributed by atoms with E-state index < -0.39 is 0 Å². The van der Waals surface area contributed by atoms with Crippen LogP contribution in [0.5, 0.6) is 0 Å². The van der Waals surface area contributed by atoms with Crippen LogP contribution >= 0.6 is 0 Å². The number of anilines is 2. The first-order valence-electron chi connectivity index (χ1n) is 12.0. The van der Waals surface area contributed by atoms with Gasteiger partial charge in [-0.3, -0.25) is 0 Å². The molecule has 0 saturated heterocycles. The maximum Gasteiger partial charge on any atom is 0.0637 e. The van der Waals surface area contributed by atoms with Gasteiger partial charge in [-0.1, -0.05) is 91.0 Å². The molecule has 6 aromatic rings. The molecule has 1 N–H and O–H groups in total. The van der Waals surface area contributed by atoms with Crippen LogP contribution in [0, 0.1) is 0 Å². The number of hydrogen-bond acceptors (Lipinski definition) is 1. The zero-order valence-electron chi connectivity index (χ0n) is 18.6. The van der Waals surface area contributed by atoms with Crippen LogP contribution < -0.4 is 4.90 Å². The molecule has 2 nitrogen and oxygen atoms in total. The van der Waals surface area contributed by atoms with Crippen LogP contribution in [0.15, 0.2) is 109 Å². The number of para-hydroxylation sites is 2. The highest BCUT2D eigenvalue weighted by atomic mass is 15.2. The summed E-state index contributed by atoms with van der Waals surface area (Å²) in [5.74, 6) is 0.273. The lowest BCUT2D eigenvalue weighted by atomic mass is 9.81. The van der Waals surface area contributed by atoms with Crippen molar-refractivity contribution in [3.63, 3.8) is 0 Å². The quantitative estimate of drug-likeness (QED) is 0.259. The predicted molar refractivity (Wildman–Crippen MR) is 143 cm³/mol. The molecule has 5 aromatic carbocycles. The smallest absolute Gasteiger partial charge is 0.0637 e. The number of rotatable bonds is 1. The van der Waals surface area contributed by atoms with Crippen LogP contribution in [0.4, 0.5) is 11.4 Å². The van der Waals surface area contributed by atoms with Crippen LogP contribution in [0.3, 0.4) is 0 Å². The molecule has 1 aliphatic carbocycles. The van der Waals surface area contributed by atoms with Crippen molar-refractivity contribution in [3.05, 3.63) is 126 Å². The SMILES string of the molecule is C1=CC2C(c3ccccc3N2c2ccccc2)c2c1[nH]c1c3ccccc3c3ccccc3c21. The molecule has 1 aliphatic heterocycles. The summed E-state index contributed by atoms with van der Waals surface area (Å²) < 4.78 is 0. The van der Waals surface area contributed by atoms with Crippen molar-refractivity contribution >= 4 is 49.9 Å². The molecule has 0 spiro atoms. The maximum atomic E-state index is 3.84. The number of fused-ring (bicyclic) bond motifs is 12. The van der Waals surface area contributed by atoms with Crippen molar-refractivity contribution in [1.82, 2.24) is 4.98 Å². The molecule has 0 fully saturated rings. The largest absolute Gasteiger partial charge is 0.354 e. The van der Waals surface area contributed by atoms with Crippen molar-refractivity contribution in [2.75, 3.05) is 4.90 Å². The second kappa shape index (κ2) is 6.61. The Morgan fingerprint density at radius 1 is 0.618 bits per heavy atom. The molecule has 160 valence electrons. The fourth-order valence-electron chi connectivity index (χ4n) is 6.42. The van der Waals surface area contributed by atoms with E-state index in [1.54, 1.807) is 0 Å². The Balaban J connectivity index is 1.50. The first-order chi connectivity index (χ1) is 16.9. The second-order valence-electron chi connectivity index (χ2n) is 9.39. The zero-order valence-corrected chi connectivity index (χ0v) is 18.6. The predicted octanol–water partition coefficient (Wildman–Crippen LogP) is 8.15. The summed E-state index contributed by atoms with van der Waals surface area (Å²) in [6, 6.07) is 37.7. The zero-order chi connectivity index (χ0) is 22.2. The molecule has 8 rings (SSSR count). The summed E-state index contributed by atoms with van der Waals surface area (Å²) in [4.78, 5) is 6.36. The van der Waals surface area contributed by atoms with E-state index in [0.29, 0.717) is 0 Å². The minimum atomic E-state index is 0.247. The molecule has 34 heavy (non-hydrogen) atoms. The number of aromatic nitrogens is 1. The Bertz CT molecular complexity index is 1770. The molecular formula is C32H22N2. The van der Waals surface area contributed by atoms with E-state index in [-0.39, 0.29) is 12.0 Å². The van der Waals surface area contributed by atoms with Gasteiger partial charge in [-0.05, 0) is 51.6 Å². The van der Waals surface area contributed by atoms with E-state index in [1.807, 2.05) is 0 Å². The number of hydrogen-bond donors (Lipinski definition) is 1. The standard InChI is InChI=1S/C32H22N2/c1-2-10-20(11-3-1)34-27-17-9-8-16-25(27)29-28(34)19-18-26-31(29)30-23-14-6-4-12-21(23)22-13-5-7-15-24(22)32(30)33-26/h1-19,28-29,33H. The van der Waals surface area contributed by atoms with Gasteiger partial charge in [0.25, 0.3) is 0 Å².